The van der Waals surface area contributed by atoms with Crippen LogP contribution in [0, 0.1) is 11.8 Å². The minimum Gasteiger partial charge on any atom is -0.469 e. The summed E-state index contributed by atoms with van der Waals surface area (Å²) < 4.78 is 9.11. The Morgan fingerprint density at radius 2 is 2.29 bits per heavy atom. The van der Waals surface area contributed by atoms with Gasteiger partial charge in [-0.1, -0.05) is 0 Å². The fraction of sp³-hybridized carbons (Fsp3) is 0.667. The Kier molecular flexibility index (Phi) is 3.62. The van der Waals surface area contributed by atoms with E-state index in [9.17, 15) is 14.4 Å². The van der Waals surface area contributed by atoms with Crippen LogP contribution in [0.2, 0.25) is 0 Å². The molecule has 1 fully saturated rings. The van der Waals surface area contributed by atoms with Crippen LogP contribution in [-0.4, -0.2) is 31.9 Å². The summed E-state index contributed by atoms with van der Waals surface area (Å²) in [6.07, 6.45) is 0.479. The molecule has 0 saturated heterocycles. The van der Waals surface area contributed by atoms with Gasteiger partial charge in [0.05, 0.1) is 19.6 Å². The van der Waals surface area contributed by atoms with Crippen LogP contribution in [0.25, 0.3) is 0 Å². The second-order valence-corrected chi connectivity index (χ2v) is 3.27. The molecule has 0 aliphatic heterocycles. The van der Waals surface area contributed by atoms with Crippen LogP contribution in [0.3, 0.4) is 0 Å². The Morgan fingerprint density at radius 3 is 2.86 bits per heavy atom. The number of rotatable bonds is 4. The van der Waals surface area contributed by atoms with Gasteiger partial charge in [-0.05, 0) is 0 Å². The van der Waals surface area contributed by atoms with E-state index in [1.54, 1.807) is 0 Å². The molecule has 0 N–H and O–H groups in total. The highest BCUT2D eigenvalue weighted by Crippen LogP contribution is 2.30. The van der Waals surface area contributed by atoms with Gasteiger partial charge in [0.15, 0.2) is 0 Å². The lowest BCUT2D eigenvalue weighted by Crippen LogP contribution is -2.23. The van der Waals surface area contributed by atoms with Gasteiger partial charge >= 0.3 is 5.97 Å². The molecule has 1 aliphatic carbocycles. The zero-order valence-electron chi connectivity index (χ0n) is 7.89. The molecule has 0 aromatic rings. The minimum atomic E-state index is -0.451. The first kappa shape index (κ1) is 10.7. The molecule has 0 aromatic heterocycles. The number of ketones is 1. The normalized spacial score (nSPS) is 25.9. The topological polar surface area (TPSA) is 69.7 Å². The van der Waals surface area contributed by atoms with Crippen molar-refractivity contribution < 1.29 is 23.9 Å². The summed E-state index contributed by atoms with van der Waals surface area (Å²) in [5.74, 6) is -1.07. The van der Waals surface area contributed by atoms with Crippen molar-refractivity contribution in [3.8, 4) is 0 Å². The molecule has 2 atom stereocenters. The molecule has 0 radical (unpaired) electrons. The van der Waals surface area contributed by atoms with Gasteiger partial charge in [-0.3, -0.25) is 14.4 Å². The standard InChI is InChI=1S/C9H12O5/c1-13-9(12)8-3-7(11)2-6(8)4-14-5-10/h5-6,8H,2-4H2,1H3/t6-,8+/m1/s1. The molecule has 5 nitrogen and oxygen atoms in total. The molecule has 0 amide bonds. The highest BCUT2D eigenvalue weighted by Gasteiger charge is 2.38. The van der Waals surface area contributed by atoms with Crippen molar-refractivity contribution >= 4 is 18.2 Å². The van der Waals surface area contributed by atoms with Crippen molar-refractivity contribution in [2.45, 2.75) is 12.8 Å². The van der Waals surface area contributed by atoms with Crippen LogP contribution in [0.5, 0.6) is 0 Å². The molecule has 1 rings (SSSR count). The molecule has 1 saturated carbocycles. The van der Waals surface area contributed by atoms with E-state index in [1.807, 2.05) is 0 Å². The molecule has 0 bridgehead atoms. The summed E-state index contributed by atoms with van der Waals surface area (Å²) in [7, 11) is 1.28. The summed E-state index contributed by atoms with van der Waals surface area (Å²) in [6.45, 7) is 0.423. The Bertz CT molecular complexity index is 248. The third kappa shape index (κ3) is 2.31. The maximum absolute atomic E-state index is 11.2. The average molecular weight is 200 g/mol. The fourth-order valence-corrected chi connectivity index (χ4v) is 1.70. The first-order valence-electron chi connectivity index (χ1n) is 4.33. The smallest absolute Gasteiger partial charge is 0.309 e. The number of hydrogen-bond donors (Lipinski definition) is 0. The predicted octanol–water partition coefficient (Wildman–Crippen LogP) is -0.0723. The highest BCUT2D eigenvalue weighted by atomic mass is 16.5. The predicted molar refractivity (Wildman–Crippen MR) is 45.3 cm³/mol. The van der Waals surface area contributed by atoms with Crippen LogP contribution in [0.1, 0.15) is 12.8 Å². The van der Waals surface area contributed by atoms with Gasteiger partial charge in [0.1, 0.15) is 5.78 Å². The van der Waals surface area contributed by atoms with Gasteiger partial charge in [0, 0.05) is 18.8 Å². The lowest BCUT2D eigenvalue weighted by Gasteiger charge is -2.14. The van der Waals surface area contributed by atoms with E-state index in [-0.39, 0.29) is 31.1 Å². The van der Waals surface area contributed by atoms with Crippen molar-refractivity contribution in [3.05, 3.63) is 0 Å². The van der Waals surface area contributed by atoms with E-state index >= 15 is 0 Å². The Balaban J connectivity index is 2.57. The Morgan fingerprint density at radius 1 is 1.57 bits per heavy atom. The number of carbonyl (C=O) groups is 3. The zero-order chi connectivity index (χ0) is 10.6. The van der Waals surface area contributed by atoms with Gasteiger partial charge in [-0.15, -0.1) is 0 Å². The van der Waals surface area contributed by atoms with Crippen LogP contribution >= 0.6 is 0 Å². The number of esters is 1. The van der Waals surface area contributed by atoms with E-state index in [2.05, 4.69) is 9.47 Å². The van der Waals surface area contributed by atoms with E-state index < -0.39 is 11.9 Å². The number of methoxy groups -OCH3 is 1. The molecular formula is C9H12O5. The largest absolute Gasteiger partial charge is 0.469 e. The molecule has 1 aliphatic rings. The van der Waals surface area contributed by atoms with E-state index in [0.717, 1.165) is 0 Å². The molecule has 14 heavy (non-hydrogen) atoms. The van der Waals surface area contributed by atoms with Gasteiger partial charge in [-0.2, -0.15) is 0 Å². The monoisotopic (exact) mass is 200 g/mol. The van der Waals surface area contributed by atoms with Crippen molar-refractivity contribution in [2.75, 3.05) is 13.7 Å². The van der Waals surface area contributed by atoms with Gasteiger partial charge in [0.25, 0.3) is 6.47 Å². The van der Waals surface area contributed by atoms with Crippen LogP contribution < -0.4 is 0 Å². The number of Topliss-reactive ketones (excluding diaryl/α,β-unsaturated/α-hetero) is 1. The van der Waals surface area contributed by atoms with E-state index in [4.69, 9.17) is 0 Å². The maximum Gasteiger partial charge on any atom is 0.309 e. The number of ether oxygens (including phenoxy) is 2. The second-order valence-electron chi connectivity index (χ2n) is 3.27. The van der Waals surface area contributed by atoms with Gasteiger partial charge < -0.3 is 9.47 Å². The highest BCUT2D eigenvalue weighted by molar-refractivity contribution is 5.88. The Hall–Kier alpha value is -1.39. The molecule has 0 spiro atoms. The fourth-order valence-electron chi connectivity index (χ4n) is 1.70. The summed E-state index contributed by atoms with van der Waals surface area (Å²) in [6, 6.07) is 0. The lowest BCUT2D eigenvalue weighted by molar-refractivity contribution is -0.148. The van der Waals surface area contributed by atoms with E-state index in [1.165, 1.54) is 7.11 Å². The summed E-state index contributed by atoms with van der Waals surface area (Å²) in [5.41, 5.74) is 0. The SMILES string of the molecule is COC(=O)[C@H]1CC(=O)C[C@@H]1COC=O. The lowest BCUT2D eigenvalue weighted by atomic mass is 9.97. The zero-order valence-corrected chi connectivity index (χ0v) is 7.89. The van der Waals surface area contributed by atoms with Crippen molar-refractivity contribution in [2.24, 2.45) is 11.8 Å². The summed E-state index contributed by atoms with van der Waals surface area (Å²) in [5, 5.41) is 0. The van der Waals surface area contributed by atoms with Gasteiger partial charge in [0.2, 0.25) is 0 Å². The maximum atomic E-state index is 11.2. The van der Waals surface area contributed by atoms with Crippen LogP contribution in [0.4, 0.5) is 0 Å². The number of hydrogen-bond acceptors (Lipinski definition) is 5. The Labute approximate surface area is 81.4 Å². The first-order chi connectivity index (χ1) is 6.69. The van der Waals surface area contributed by atoms with Crippen molar-refractivity contribution in [1.29, 1.82) is 0 Å². The minimum absolute atomic E-state index is 0.0138. The first-order valence-corrected chi connectivity index (χ1v) is 4.33. The van der Waals surface area contributed by atoms with E-state index in [0.29, 0.717) is 6.47 Å². The number of carbonyl (C=O) groups excluding carboxylic acids is 3. The molecule has 0 unspecified atom stereocenters. The second kappa shape index (κ2) is 4.74. The third-order valence-corrected chi connectivity index (χ3v) is 2.39. The molecular weight excluding hydrogens is 188 g/mol. The van der Waals surface area contributed by atoms with Gasteiger partial charge in [-0.25, -0.2) is 0 Å². The summed E-state index contributed by atoms with van der Waals surface area (Å²) >= 11 is 0. The quantitative estimate of drug-likeness (QED) is 0.469. The summed E-state index contributed by atoms with van der Waals surface area (Å²) in [4.78, 5) is 32.3. The third-order valence-electron chi connectivity index (χ3n) is 2.39. The van der Waals surface area contributed by atoms with Crippen LogP contribution in [-0.2, 0) is 23.9 Å². The average Bonchev–Trinajstić information content (AvgIpc) is 2.55. The van der Waals surface area contributed by atoms with Crippen LogP contribution in [0.15, 0.2) is 0 Å². The molecule has 0 aromatic carbocycles. The molecule has 0 heterocycles. The van der Waals surface area contributed by atoms with Crippen molar-refractivity contribution in [1.82, 2.24) is 0 Å². The van der Waals surface area contributed by atoms with Crippen molar-refractivity contribution in [3.63, 3.8) is 0 Å². The molecule has 5 heteroatoms. The molecule has 78 valence electrons.